The van der Waals surface area contributed by atoms with Crippen molar-refractivity contribution in [1.29, 1.82) is 0 Å². The van der Waals surface area contributed by atoms with Crippen LogP contribution in [0.1, 0.15) is 24.2 Å². The number of hydrogen-bond donors (Lipinski definition) is 1. The molecule has 8 nitrogen and oxygen atoms in total. The maximum Gasteiger partial charge on any atom is 0.404 e. The van der Waals surface area contributed by atoms with Gasteiger partial charge in [0.15, 0.2) is 5.75 Å². The predicted octanol–water partition coefficient (Wildman–Crippen LogP) is 2.43. The summed E-state index contributed by atoms with van der Waals surface area (Å²) in [5.74, 6) is -2.18. The summed E-state index contributed by atoms with van der Waals surface area (Å²) in [6, 6.07) is 3.83. The van der Waals surface area contributed by atoms with E-state index in [1.165, 1.54) is 23.1 Å². The Morgan fingerprint density at radius 2 is 1.88 bits per heavy atom. The van der Waals surface area contributed by atoms with Crippen LogP contribution in [0.2, 0.25) is 0 Å². The van der Waals surface area contributed by atoms with E-state index in [4.69, 9.17) is 9.47 Å². The SMILES string of the molecule is CO[C@@H]1CN(C)C(=O)c2cc(NS(=O)(=O)CC(F)(F)F)ccc2OC[C@H](C)N(C)C[C@H]1C. The number of nitrogens with one attached hydrogen (secondary N) is 1. The lowest BCUT2D eigenvalue weighted by Crippen LogP contribution is -2.45. The van der Waals surface area contributed by atoms with Gasteiger partial charge in [-0.2, -0.15) is 13.2 Å². The van der Waals surface area contributed by atoms with E-state index in [-0.39, 0.29) is 48.2 Å². The normalized spacial score (nSPS) is 24.2. The molecular formula is C20H30F3N3O5S. The van der Waals surface area contributed by atoms with E-state index < -0.39 is 27.9 Å². The first-order valence-corrected chi connectivity index (χ1v) is 11.7. The number of rotatable bonds is 4. The topological polar surface area (TPSA) is 88.2 Å². The molecule has 0 saturated carbocycles. The largest absolute Gasteiger partial charge is 0.491 e. The lowest BCUT2D eigenvalue weighted by molar-refractivity contribution is -0.106. The van der Waals surface area contributed by atoms with E-state index >= 15 is 0 Å². The number of fused-ring (bicyclic) bond motifs is 1. The maximum atomic E-state index is 13.1. The maximum absolute atomic E-state index is 13.1. The molecule has 2 rings (SSSR count). The third kappa shape index (κ3) is 7.24. The molecule has 0 spiro atoms. The second kappa shape index (κ2) is 10.3. The van der Waals surface area contributed by atoms with Gasteiger partial charge in [-0.05, 0) is 38.1 Å². The van der Waals surface area contributed by atoms with Crippen molar-refractivity contribution in [3.05, 3.63) is 23.8 Å². The molecule has 1 aromatic carbocycles. The predicted molar refractivity (Wildman–Crippen MR) is 114 cm³/mol. The fourth-order valence-corrected chi connectivity index (χ4v) is 4.44. The zero-order valence-corrected chi connectivity index (χ0v) is 19.6. The van der Waals surface area contributed by atoms with Gasteiger partial charge in [0.1, 0.15) is 12.4 Å². The van der Waals surface area contributed by atoms with Crippen molar-refractivity contribution in [1.82, 2.24) is 9.80 Å². The molecule has 0 unspecified atom stereocenters. The van der Waals surface area contributed by atoms with Crippen LogP contribution in [0.5, 0.6) is 5.75 Å². The lowest BCUT2D eigenvalue weighted by atomic mass is 10.0. The van der Waals surface area contributed by atoms with E-state index in [1.807, 2.05) is 25.6 Å². The molecule has 0 bridgehead atoms. The van der Waals surface area contributed by atoms with Crippen LogP contribution in [0.3, 0.4) is 0 Å². The first-order valence-electron chi connectivity index (χ1n) is 10.0. The van der Waals surface area contributed by atoms with Crippen LogP contribution < -0.4 is 9.46 Å². The molecular weight excluding hydrogens is 451 g/mol. The molecule has 32 heavy (non-hydrogen) atoms. The first-order chi connectivity index (χ1) is 14.7. The van der Waals surface area contributed by atoms with E-state index in [2.05, 4.69) is 4.90 Å². The number of amides is 1. The highest BCUT2D eigenvalue weighted by Crippen LogP contribution is 2.27. The number of sulfonamides is 1. The fraction of sp³-hybridized carbons (Fsp3) is 0.650. The summed E-state index contributed by atoms with van der Waals surface area (Å²) in [4.78, 5) is 16.7. The number of carbonyl (C=O) groups excluding carboxylic acids is 1. The second-order valence-electron chi connectivity index (χ2n) is 8.22. The van der Waals surface area contributed by atoms with Crippen LogP contribution >= 0.6 is 0 Å². The van der Waals surface area contributed by atoms with E-state index in [1.54, 1.807) is 14.2 Å². The third-order valence-corrected chi connectivity index (χ3v) is 6.64. The van der Waals surface area contributed by atoms with Gasteiger partial charge >= 0.3 is 6.18 Å². The molecule has 0 aliphatic carbocycles. The molecule has 1 N–H and O–H groups in total. The highest BCUT2D eigenvalue weighted by atomic mass is 32.2. The van der Waals surface area contributed by atoms with Gasteiger partial charge in [-0.25, -0.2) is 8.42 Å². The van der Waals surface area contributed by atoms with Gasteiger partial charge in [0.2, 0.25) is 10.0 Å². The van der Waals surface area contributed by atoms with Crippen LogP contribution in [-0.2, 0) is 14.8 Å². The number of carbonyl (C=O) groups is 1. The zero-order valence-electron chi connectivity index (χ0n) is 18.8. The van der Waals surface area contributed by atoms with Gasteiger partial charge in [-0.1, -0.05) is 6.92 Å². The third-order valence-electron chi connectivity index (χ3n) is 5.38. The van der Waals surface area contributed by atoms with Crippen molar-refractivity contribution in [3.8, 4) is 5.75 Å². The van der Waals surface area contributed by atoms with Gasteiger partial charge in [0.05, 0.1) is 11.7 Å². The number of anilines is 1. The van der Waals surface area contributed by atoms with Crippen LogP contribution in [0.25, 0.3) is 0 Å². The highest BCUT2D eigenvalue weighted by Gasteiger charge is 2.35. The summed E-state index contributed by atoms with van der Waals surface area (Å²) in [6.07, 6.45) is -5.15. The highest BCUT2D eigenvalue weighted by molar-refractivity contribution is 7.92. The van der Waals surface area contributed by atoms with Crippen molar-refractivity contribution >= 4 is 21.6 Å². The van der Waals surface area contributed by atoms with Gasteiger partial charge in [-0.15, -0.1) is 0 Å². The minimum Gasteiger partial charge on any atom is -0.491 e. The lowest BCUT2D eigenvalue weighted by Gasteiger charge is -2.34. The van der Waals surface area contributed by atoms with E-state index in [0.29, 0.717) is 0 Å². The minimum atomic E-state index is -4.89. The molecule has 1 heterocycles. The first kappa shape index (κ1) is 26.2. The average Bonchev–Trinajstić information content (AvgIpc) is 2.66. The summed E-state index contributed by atoms with van der Waals surface area (Å²) in [5.41, 5.74) is -0.120. The van der Waals surface area contributed by atoms with E-state index in [0.717, 1.165) is 6.54 Å². The number of hydrogen-bond acceptors (Lipinski definition) is 6. The number of benzene rings is 1. The summed E-state index contributed by atoms with van der Waals surface area (Å²) >= 11 is 0. The second-order valence-corrected chi connectivity index (χ2v) is 9.95. The van der Waals surface area contributed by atoms with Crippen LogP contribution in [-0.4, -0.2) is 89.1 Å². The van der Waals surface area contributed by atoms with Gasteiger partial charge in [-0.3, -0.25) is 14.4 Å². The van der Waals surface area contributed by atoms with Crippen LogP contribution in [0.15, 0.2) is 18.2 Å². The molecule has 0 saturated heterocycles. The Kier molecular flexibility index (Phi) is 8.40. The summed E-state index contributed by atoms with van der Waals surface area (Å²) in [6.45, 7) is 5.22. The van der Waals surface area contributed by atoms with Gasteiger partial charge in [0.25, 0.3) is 5.91 Å². The van der Waals surface area contributed by atoms with E-state index in [9.17, 15) is 26.4 Å². The molecule has 182 valence electrons. The molecule has 1 aromatic rings. The van der Waals surface area contributed by atoms with Gasteiger partial charge < -0.3 is 14.4 Å². The Morgan fingerprint density at radius 3 is 2.47 bits per heavy atom. The van der Waals surface area contributed by atoms with Crippen molar-refractivity contribution in [2.45, 2.75) is 32.2 Å². The fourth-order valence-electron chi connectivity index (χ4n) is 3.45. The zero-order chi connectivity index (χ0) is 24.3. The quantitative estimate of drug-likeness (QED) is 0.711. The average molecular weight is 482 g/mol. The Morgan fingerprint density at radius 1 is 1.22 bits per heavy atom. The number of alkyl halides is 3. The molecule has 1 amide bonds. The molecule has 3 atom stereocenters. The van der Waals surface area contributed by atoms with Crippen molar-refractivity contribution in [2.24, 2.45) is 5.92 Å². The number of methoxy groups -OCH3 is 1. The minimum absolute atomic E-state index is 0.0000270. The molecule has 12 heteroatoms. The Bertz CT molecular complexity index is 910. The van der Waals surface area contributed by atoms with Gasteiger partial charge in [0, 0.05) is 39.0 Å². The molecule has 0 radical (unpaired) electrons. The standard InChI is InChI=1S/C20H30F3N3O5S/c1-13-9-25(3)14(2)11-31-17-7-6-15(24-32(28,29)12-20(21,22)23)8-16(17)19(27)26(4)10-18(13)30-5/h6-8,13-14,18,24H,9-12H2,1-5H3/t13-,14+,18-/m1/s1. The Labute approximate surface area is 186 Å². The smallest absolute Gasteiger partial charge is 0.404 e. The number of ether oxygens (including phenoxy) is 2. The molecule has 1 aliphatic rings. The van der Waals surface area contributed by atoms with Crippen molar-refractivity contribution in [2.75, 3.05) is 51.4 Å². The molecule has 0 fully saturated rings. The molecule has 0 aromatic heterocycles. The van der Waals surface area contributed by atoms with Crippen LogP contribution in [0.4, 0.5) is 18.9 Å². The molecule has 1 aliphatic heterocycles. The summed E-state index contributed by atoms with van der Waals surface area (Å²) < 4.78 is 74.7. The Hall–Kier alpha value is -2.05. The summed E-state index contributed by atoms with van der Waals surface area (Å²) in [5, 5.41) is 0. The summed E-state index contributed by atoms with van der Waals surface area (Å²) in [7, 11) is 0.404. The monoisotopic (exact) mass is 481 g/mol. The number of nitrogens with zero attached hydrogens (tertiary/aromatic N) is 2. The van der Waals surface area contributed by atoms with Crippen LogP contribution in [0, 0.1) is 5.92 Å². The number of likely N-dealkylation sites (N-methyl/N-ethyl adjacent to an activating group) is 2. The van der Waals surface area contributed by atoms with Crippen molar-refractivity contribution in [3.63, 3.8) is 0 Å². The number of halogens is 3. The van der Waals surface area contributed by atoms with Crippen molar-refractivity contribution < 1.29 is 35.9 Å². The Balaban J connectivity index is 2.41.